The number of benzene rings is 3. The molecule has 3 amide bonds. The van der Waals surface area contributed by atoms with Crippen LogP contribution in [0.5, 0.6) is 0 Å². The Balaban J connectivity index is 1.56. The third-order valence-corrected chi connectivity index (χ3v) is 7.43. The minimum absolute atomic E-state index is 0.0967. The predicted octanol–water partition coefficient (Wildman–Crippen LogP) is 6.76. The van der Waals surface area contributed by atoms with Gasteiger partial charge < -0.3 is 10.6 Å². The maximum absolute atomic E-state index is 14.3. The number of aromatic amines is 1. The molecule has 0 radical (unpaired) electrons. The van der Waals surface area contributed by atoms with Crippen LogP contribution in [-0.2, 0) is 12.6 Å². The molecular weight excluding hydrogens is 569 g/mol. The second-order valence-corrected chi connectivity index (χ2v) is 10.2. The number of carbonyl (C=O) groups is 2. The van der Waals surface area contributed by atoms with Crippen LogP contribution in [0, 0.1) is 18.6 Å². The molecular formula is C28H19ClF5N5O2. The van der Waals surface area contributed by atoms with Gasteiger partial charge in [-0.2, -0.15) is 18.3 Å². The van der Waals surface area contributed by atoms with Crippen LogP contribution in [0.15, 0.2) is 48.5 Å². The van der Waals surface area contributed by atoms with E-state index in [1.165, 1.54) is 11.0 Å². The Bertz CT molecular complexity index is 1750. The zero-order chi connectivity index (χ0) is 29.2. The molecule has 3 N–H and O–H groups in total. The summed E-state index contributed by atoms with van der Waals surface area (Å²) in [5.41, 5.74) is 1.76. The normalized spacial score (nSPS) is 16.0. The summed E-state index contributed by atoms with van der Waals surface area (Å²) < 4.78 is 68.5. The van der Waals surface area contributed by atoms with Gasteiger partial charge in [0, 0.05) is 45.2 Å². The number of aromatic nitrogens is 2. The summed E-state index contributed by atoms with van der Waals surface area (Å²) in [5.74, 6) is -2.89. The van der Waals surface area contributed by atoms with E-state index in [1.807, 2.05) is 0 Å². The molecule has 6 rings (SSSR count). The largest absolute Gasteiger partial charge is 0.416 e. The van der Waals surface area contributed by atoms with Crippen molar-refractivity contribution in [3.8, 4) is 11.3 Å². The van der Waals surface area contributed by atoms with Crippen LogP contribution in [-0.4, -0.2) is 28.7 Å². The van der Waals surface area contributed by atoms with Crippen molar-refractivity contribution in [1.29, 1.82) is 0 Å². The molecule has 0 bridgehead atoms. The number of hydrogen-bond donors (Lipinski definition) is 3. The van der Waals surface area contributed by atoms with Crippen molar-refractivity contribution in [2.75, 3.05) is 16.8 Å². The molecule has 1 atom stereocenters. The lowest BCUT2D eigenvalue weighted by atomic mass is 9.88. The van der Waals surface area contributed by atoms with Crippen LogP contribution < -0.4 is 15.5 Å². The Labute approximate surface area is 234 Å². The number of rotatable bonds is 4. The maximum Gasteiger partial charge on any atom is 0.416 e. The fourth-order valence-electron chi connectivity index (χ4n) is 5.33. The van der Waals surface area contributed by atoms with E-state index in [2.05, 4.69) is 20.8 Å². The highest BCUT2D eigenvalue weighted by Crippen LogP contribution is 2.49. The lowest BCUT2D eigenvalue weighted by molar-refractivity contribution is -0.137. The molecule has 7 nitrogen and oxygen atoms in total. The minimum Gasteiger partial charge on any atom is -0.327 e. The highest BCUT2D eigenvalue weighted by molar-refractivity contribution is 6.31. The van der Waals surface area contributed by atoms with Gasteiger partial charge in [0.2, 0.25) is 0 Å². The third kappa shape index (κ3) is 4.67. The van der Waals surface area contributed by atoms with Gasteiger partial charge in [0.05, 0.1) is 23.0 Å². The van der Waals surface area contributed by atoms with Crippen LogP contribution in [0.25, 0.3) is 11.3 Å². The number of carbonyl (C=O) groups excluding carboxylic acids is 2. The Morgan fingerprint density at radius 1 is 1.10 bits per heavy atom. The standard InChI is InChI=1S/C28H19ClF5N5O2/c1-12-6-21(38-37-12)18-11-22(35-26(40)13-7-14(28(32,33)34)9-16(31)8-13)23-24(19-10-15(30)2-3-20(19)29)36-27(41)39-5-4-17(18)25(23)39/h2-3,6-11,24H,4-5H2,1H3,(H,35,40)(H,36,41)(H,37,38). The third-order valence-electron chi connectivity index (χ3n) is 7.09. The lowest BCUT2D eigenvalue weighted by Crippen LogP contribution is -2.46. The number of alkyl halides is 3. The molecule has 41 heavy (non-hydrogen) atoms. The molecule has 2 aliphatic rings. The number of hydrogen-bond acceptors (Lipinski definition) is 3. The molecule has 1 unspecified atom stereocenters. The van der Waals surface area contributed by atoms with Crippen molar-refractivity contribution in [3.63, 3.8) is 0 Å². The molecule has 3 heterocycles. The van der Waals surface area contributed by atoms with Gasteiger partial charge in [-0.1, -0.05) is 11.6 Å². The molecule has 13 heteroatoms. The van der Waals surface area contributed by atoms with Crippen molar-refractivity contribution in [3.05, 3.63) is 98.7 Å². The Morgan fingerprint density at radius 2 is 1.88 bits per heavy atom. The molecule has 0 saturated carbocycles. The summed E-state index contributed by atoms with van der Waals surface area (Å²) in [4.78, 5) is 28.0. The molecule has 2 aliphatic heterocycles. The van der Waals surface area contributed by atoms with Crippen LogP contribution in [0.3, 0.4) is 0 Å². The van der Waals surface area contributed by atoms with Gasteiger partial charge in [-0.15, -0.1) is 0 Å². The number of halogens is 6. The van der Waals surface area contributed by atoms with Crippen LogP contribution in [0.4, 0.5) is 38.1 Å². The lowest BCUT2D eigenvalue weighted by Gasteiger charge is -2.35. The number of anilines is 2. The van der Waals surface area contributed by atoms with E-state index >= 15 is 0 Å². The average molecular weight is 588 g/mol. The van der Waals surface area contributed by atoms with Gasteiger partial charge in [0.15, 0.2) is 0 Å². The first kappa shape index (κ1) is 26.8. The molecule has 0 saturated heterocycles. The number of nitrogens with zero attached hydrogens (tertiary/aromatic N) is 2. The highest BCUT2D eigenvalue weighted by atomic mass is 35.5. The van der Waals surface area contributed by atoms with Crippen molar-refractivity contribution >= 4 is 34.9 Å². The fourth-order valence-corrected chi connectivity index (χ4v) is 5.56. The summed E-state index contributed by atoms with van der Waals surface area (Å²) in [6.07, 6.45) is -4.45. The molecule has 3 aromatic carbocycles. The second kappa shape index (κ2) is 9.58. The number of aryl methyl sites for hydroxylation is 1. The number of amides is 3. The average Bonchev–Trinajstić information content (AvgIpc) is 3.55. The van der Waals surface area contributed by atoms with Gasteiger partial charge >= 0.3 is 12.2 Å². The molecule has 0 spiro atoms. The van der Waals surface area contributed by atoms with E-state index in [1.54, 1.807) is 19.1 Å². The van der Waals surface area contributed by atoms with Crippen LogP contribution in [0.2, 0.25) is 5.02 Å². The van der Waals surface area contributed by atoms with Gasteiger partial charge in [-0.05, 0) is 67.4 Å². The Hall–Kier alpha value is -4.45. The van der Waals surface area contributed by atoms with E-state index in [0.29, 0.717) is 53.7 Å². The van der Waals surface area contributed by atoms with E-state index in [-0.39, 0.29) is 16.3 Å². The van der Waals surface area contributed by atoms with Gasteiger partial charge in [0.25, 0.3) is 5.91 Å². The molecule has 210 valence electrons. The molecule has 4 aromatic rings. The van der Waals surface area contributed by atoms with Crippen molar-refractivity contribution in [2.24, 2.45) is 0 Å². The number of H-pyrrole nitrogens is 1. The number of nitrogens with one attached hydrogen (secondary N) is 3. The topological polar surface area (TPSA) is 90.1 Å². The predicted molar refractivity (Wildman–Crippen MR) is 141 cm³/mol. The van der Waals surface area contributed by atoms with E-state index < -0.39 is 46.9 Å². The SMILES string of the molecule is Cc1cc(-c2cc(NC(=O)c3cc(F)cc(C(F)(F)F)c3)c3c4c2CCN4C(=O)NC3c2cc(F)ccc2Cl)n[nH]1. The minimum atomic E-state index is -4.88. The van der Waals surface area contributed by atoms with Crippen molar-refractivity contribution in [1.82, 2.24) is 15.5 Å². The van der Waals surface area contributed by atoms with Crippen molar-refractivity contribution in [2.45, 2.75) is 25.6 Å². The smallest absolute Gasteiger partial charge is 0.327 e. The van der Waals surface area contributed by atoms with Crippen molar-refractivity contribution < 1.29 is 31.5 Å². The molecule has 0 aliphatic carbocycles. The van der Waals surface area contributed by atoms with Crippen LogP contribution in [0.1, 0.15) is 44.3 Å². The molecule has 0 fully saturated rings. The zero-order valence-electron chi connectivity index (χ0n) is 21.1. The van der Waals surface area contributed by atoms with E-state index in [4.69, 9.17) is 11.6 Å². The van der Waals surface area contributed by atoms with Gasteiger partial charge in [0.1, 0.15) is 11.6 Å². The summed E-state index contributed by atoms with van der Waals surface area (Å²) in [7, 11) is 0. The monoisotopic (exact) mass is 587 g/mol. The van der Waals surface area contributed by atoms with Gasteiger partial charge in [-0.25, -0.2) is 13.6 Å². The molecule has 1 aromatic heterocycles. The first-order valence-corrected chi connectivity index (χ1v) is 12.7. The first-order valence-electron chi connectivity index (χ1n) is 12.3. The van der Waals surface area contributed by atoms with Crippen LogP contribution >= 0.6 is 11.6 Å². The highest BCUT2D eigenvalue weighted by Gasteiger charge is 2.41. The summed E-state index contributed by atoms with van der Waals surface area (Å²) in [5, 5.41) is 12.7. The first-order chi connectivity index (χ1) is 19.4. The number of urea groups is 1. The van der Waals surface area contributed by atoms with E-state index in [0.717, 1.165) is 23.4 Å². The zero-order valence-corrected chi connectivity index (χ0v) is 21.8. The maximum atomic E-state index is 14.3. The van der Waals surface area contributed by atoms with Gasteiger partial charge in [-0.3, -0.25) is 14.8 Å². The second-order valence-electron chi connectivity index (χ2n) is 9.78. The Kier molecular flexibility index (Phi) is 6.25. The Morgan fingerprint density at radius 3 is 2.59 bits per heavy atom. The van der Waals surface area contributed by atoms with E-state index in [9.17, 15) is 31.5 Å². The summed E-state index contributed by atoms with van der Waals surface area (Å²) in [6.45, 7) is 2.09. The summed E-state index contributed by atoms with van der Waals surface area (Å²) in [6, 6.07) is 7.01. The quantitative estimate of drug-likeness (QED) is 0.230. The fraction of sp³-hybridized carbons (Fsp3) is 0.179. The summed E-state index contributed by atoms with van der Waals surface area (Å²) >= 11 is 6.42.